The molecule has 154 valence electrons. The number of aromatic nitrogens is 2. The van der Waals surface area contributed by atoms with Crippen molar-refractivity contribution in [3.8, 4) is 0 Å². The number of amides is 2. The van der Waals surface area contributed by atoms with E-state index in [4.69, 9.17) is 4.74 Å². The average Bonchev–Trinajstić information content (AvgIpc) is 2.79. The van der Waals surface area contributed by atoms with Crippen LogP contribution in [0.4, 0.5) is 9.59 Å². The van der Waals surface area contributed by atoms with E-state index in [1.807, 2.05) is 6.07 Å². The molecule has 0 fully saturated rings. The molecule has 8 heteroatoms. The van der Waals surface area contributed by atoms with Crippen molar-refractivity contribution in [1.82, 2.24) is 20.6 Å². The molecule has 0 aliphatic carbocycles. The number of rotatable bonds is 6. The molecule has 0 saturated carbocycles. The second-order valence-electron chi connectivity index (χ2n) is 6.45. The third-order valence-corrected chi connectivity index (χ3v) is 4.52. The molecule has 30 heavy (non-hydrogen) atoms. The first-order valence-corrected chi connectivity index (χ1v) is 9.40. The van der Waals surface area contributed by atoms with Crippen molar-refractivity contribution in [3.63, 3.8) is 0 Å². The van der Waals surface area contributed by atoms with E-state index in [1.165, 1.54) is 12.4 Å². The van der Waals surface area contributed by atoms with Gasteiger partial charge in [0.05, 0.1) is 6.04 Å². The number of hydrogen-bond donors (Lipinski definition) is 3. The Labute approximate surface area is 174 Å². The predicted molar refractivity (Wildman–Crippen MR) is 109 cm³/mol. The van der Waals surface area contributed by atoms with Crippen LogP contribution in [-0.2, 0) is 10.3 Å². The number of nitrogens with zero attached hydrogens (tertiary/aromatic N) is 2. The zero-order chi connectivity index (χ0) is 21.4. The van der Waals surface area contributed by atoms with Crippen molar-refractivity contribution >= 4 is 12.2 Å². The number of hydrogen-bond acceptors (Lipinski definition) is 6. The first-order valence-electron chi connectivity index (χ1n) is 9.40. The fourth-order valence-corrected chi connectivity index (χ4v) is 3.16. The smallest absolute Gasteiger partial charge is 0.378 e. The van der Waals surface area contributed by atoms with Crippen LogP contribution in [0.1, 0.15) is 29.7 Å². The van der Waals surface area contributed by atoms with Crippen molar-refractivity contribution in [1.29, 1.82) is 0 Å². The standard InChI is InChI=1S/C22H22N4O4/c1-2-25-20(27)30-21(28)26-19(16-8-4-3-5-9-16)22(29,17-10-6-12-23-14-17)18-11-7-13-24-15-18/h3-15,19,29H,2H2,1H3,(H,25,27)(H,26,28)/t19-/m1/s1. The zero-order valence-electron chi connectivity index (χ0n) is 16.4. The van der Waals surface area contributed by atoms with Crippen LogP contribution < -0.4 is 10.6 Å². The Kier molecular flexibility index (Phi) is 6.71. The summed E-state index contributed by atoms with van der Waals surface area (Å²) in [7, 11) is 0. The first kappa shape index (κ1) is 20.9. The van der Waals surface area contributed by atoms with Gasteiger partial charge in [-0.3, -0.25) is 9.97 Å². The van der Waals surface area contributed by atoms with Crippen molar-refractivity contribution < 1.29 is 19.4 Å². The lowest BCUT2D eigenvalue weighted by atomic mass is 9.78. The van der Waals surface area contributed by atoms with Gasteiger partial charge in [0.25, 0.3) is 0 Å². The van der Waals surface area contributed by atoms with Gasteiger partial charge in [0.15, 0.2) is 0 Å². The van der Waals surface area contributed by atoms with Crippen LogP contribution in [0.5, 0.6) is 0 Å². The summed E-state index contributed by atoms with van der Waals surface area (Å²) in [5.74, 6) is 0. The molecule has 1 atom stereocenters. The normalized spacial score (nSPS) is 11.9. The van der Waals surface area contributed by atoms with Crippen LogP contribution in [0.2, 0.25) is 0 Å². The van der Waals surface area contributed by atoms with Gasteiger partial charge in [0, 0.05) is 42.5 Å². The van der Waals surface area contributed by atoms with Gasteiger partial charge in [-0.2, -0.15) is 0 Å². The zero-order valence-corrected chi connectivity index (χ0v) is 16.4. The molecule has 0 radical (unpaired) electrons. The lowest BCUT2D eigenvalue weighted by molar-refractivity contribution is 0.0349. The highest BCUT2D eigenvalue weighted by atomic mass is 16.6. The Balaban J connectivity index is 2.08. The first-order chi connectivity index (χ1) is 14.6. The highest BCUT2D eigenvalue weighted by Crippen LogP contribution is 2.40. The molecule has 3 rings (SSSR count). The van der Waals surface area contributed by atoms with Crippen molar-refractivity contribution in [2.45, 2.75) is 18.6 Å². The molecule has 0 aliphatic rings. The molecule has 1 aromatic carbocycles. The summed E-state index contributed by atoms with van der Waals surface area (Å²) in [6.07, 6.45) is 4.32. The van der Waals surface area contributed by atoms with Crippen LogP contribution in [-0.4, -0.2) is 33.8 Å². The van der Waals surface area contributed by atoms with Crippen molar-refractivity contribution in [2.75, 3.05) is 6.54 Å². The van der Waals surface area contributed by atoms with Crippen LogP contribution >= 0.6 is 0 Å². The van der Waals surface area contributed by atoms with E-state index in [9.17, 15) is 14.7 Å². The molecule has 3 N–H and O–H groups in total. The van der Waals surface area contributed by atoms with Gasteiger partial charge < -0.3 is 20.5 Å². The monoisotopic (exact) mass is 406 g/mol. The highest BCUT2D eigenvalue weighted by Gasteiger charge is 2.43. The fraction of sp³-hybridized carbons (Fsp3) is 0.182. The van der Waals surface area contributed by atoms with E-state index in [1.54, 1.807) is 67.8 Å². The number of benzene rings is 1. The summed E-state index contributed by atoms with van der Waals surface area (Å²) in [4.78, 5) is 32.4. The van der Waals surface area contributed by atoms with E-state index in [0.717, 1.165) is 0 Å². The lowest BCUT2D eigenvalue weighted by Crippen LogP contribution is -2.46. The minimum Gasteiger partial charge on any atom is -0.378 e. The summed E-state index contributed by atoms with van der Waals surface area (Å²) in [5.41, 5.74) is -0.277. The van der Waals surface area contributed by atoms with Crippen LogP contribution in [0.3, 0.4) is 0 Å². The van der Waals surface area contributed by atoms with E-state index in [2.05, 4.69) is 20.6 Å². The molecular formula is C22H22N4O4. The van der Waals surface area contributed by atoms with Gasteiger partial charge in [-0.15, -0.1) is 0 Å². The van der Waals surface area contributed by atoms with Gasteiger partial charge >= 0.3 is 12.2 Å². The number of aliphatic hydroxyl groups is 1. The van der Waals surface area contributed by atoms with Crippen molar-refractivity contribution in [2.24, 2.45) is 0 Å². The van der Waals surface area contributed by atoms with Gasteiger partial charge in [0.2, 0.25) is 0 Å². The number of carbonyl (C=O) groups is 2. The molecule has 0 bridgehead atoms. The molecule has 0 spiro atoms. The highest BCUT2D eigenvalue weighted by molar-refractivity contribution is 5.83. The lowest BCUT2D eigenvalue weighted by Gasteiger charge is -2.37. The summed E-state index contributed by atoms with van der Waals surface area (Å²) in [5, 5.41) is 17.0. The summed E-state index contributed by atoms with van der Waals surface area (Å²) in [6, 6.07) is 14.7. The topological polar surface area (TPSA) is 113 Å². The van der Waals surface area contributed by atoms with Crippen LogP contribution in [0.25, 0.3) is 0 Å². The molecular weight excluding hydrogens is 384 g/mol. The number of nitrogens with one attached hydrogen (secondary N) is 2. The minimum absolute atomic E-state index is 0.309. The average molecular weight is 406 g/mol. The molecule has 2 heterocycles. The minimum atomic E-state index is -1.75. The van der Waals surface area contributed by atoms with E-state index < -0.39 is 23.8 Å². The Morgan fingerprint density at radius 2 is 1.57 bits per heavy atom. The largest absolute Gasteiger partial charge is 0.416 e. The molecule has 0 aliphatic heterocycles. The van der Waals surface area contributed by atoms with Gasteiger partial charge in [-0.05, 0) is 24.6 Å². The number of alkyl carbamates (subject to hydrolysis) is 2. The number of carbonyl (C=O) groups excluding carboxylic acids is 2. The van der Waals surface area contributed by atoms with Gasteiger partial charge in [-0.1, -0.05) is 42.5 Å². The van der Waals surface area contributed by atoms with Crippen LogP contribution in [0, 0.1) is 0 Å². The maximum atomic E-state index is 12.5. The third-order valence-electron chi connectivity index (χ3n) is 4.52. The number of ether oxygens (including phenoxy) is 1. The van der Waals surface area contributed by atoms with E-state index in [-0.39, 0.29) is 0 Å². The van der Waals surface area contributed by atoms with Crippen molar-refractivity contribution in [3.05, 3.63) is 96.1 Å². The van der Waals surface area contributed by atoms with Gasteiger partial charge in [0.1, 0.15) is 5.60 Å². The third kappa shape index (κ3) is 4.61. The molecule has 3 aromatic rings. The molecule has 2 aromatic heterocycles. The maximum absolute atomic E-state index is 12.5. The molecule has 2 amide bonds. The van der Waals surface area contributed by atoms with E-state index in [0.29, 0.717) is 23.2 Å². The maximum Gasteiger partial charge on any atom is 0.416 e. The summed E-state index contributed by atoms with van der Waals surface area (Å²) < 4.78 is 4.77. The van der Waals surface area contributed by atoms with Gasteiger partial charge in [-0.25, -0.2) is 9.59 Å². The Bertz CT molecular complexity index is 929. The molecule has 0 saturated heterocycles. The summed E-state index contributed by atoms with van der Waals surface area (Å²) >= 11 is 0. The quantitative estimate of drug-likeness (QED) is 0.543. The van der Waals surface area contributed by atoms with E-state index >= 15 is 0 Å². The SMILES string of the molecule is CCNC(=O)OC(=O)N[C@H](c1ccccc1)C(O)(c1cccnc1)c1cccnc1. The number of pyridine rings is 2. The molecule has 0 unspecified atom stereocenters. The second-order valence-corrected chi connectivity index (χ2v) is 6.45. The Hall–Kier alpha value is -3.78. The Morgan fingerprint density at radius 3 is 2.07 bits per heavy atom. The van der Waals surface area contributed by atoms with Crippen LogP contribution in [0.15, 0.2) is 79.4 Å². The second kappa shape index (κ2) is 9.62. The fourth-order valence-electron chi connectivity index (χ4n) is 3.16. The predicted octanol–water partition coefficient (Wildman–Crippen LogP) is 2.91. The summed E-state index contributed by atoms with van der Waals surface area (Å²) in [6.45, 7) is 2.01. The Morgan fingerprint density at radius 1 is 0.967 bits per heavy atom. The molecule has 8 nitrogen and oxygen atoms in total.